The Kier molecular flexibility index (Phi) is 6.08. The molecule has 0 aliphatic carbocycles. The number of hydrogen-bond donors (Lipinski definition) is 2. The highest BCUT2D eigenvalue weighted by Gasteiger charge is 2.25. The van der Waals surface area contributed by atoms with Crippen LogP contribution in [-0.2, 0) is 7.05 Å². The second kappa shape index (κ2) is 9.75. The number of halogens is 1. The van der Waals surface area contributed by atoms with E-state index in [2.05, 4.69) is 32.3 Å². The van der Waals surface area contributed by atoms with E-state index >= 15 is 0 Å². The monoisotopic (exact) mass is 553 g/mol. The number of nitrogens with one attached hydrogen (secondary N) is 1. The van der Waals surface area contributed by atoms with Crippen LogP contribution in [0.4, 0.5) is 10.2 Å². The van der Waals surface area contributed by atoms with Gasteiger partial charge in [0.2, 0.25) is 0 Å². The number of carbonyl (C=O) groups is 1. The first kappa shape index (κ1) is 25.0. The van der Waals surface area contributed by atoms with Crippen LogP contribution in [0.3, 0.4) is 0 Å². The molecule has 40 heavy (non-hydrogen) atoms. The number of fused-ring (bicyclic) bond motifs is 2. The number of nitrogen functional groups attached to an aromatic ring is 1. The second-order valence-electron chi connectivity index (χ2n) is 8.91. The number of nitrogens with zero attached hydrogens (tertiary/aromatic N) is 7. The minimum Gasteiger partial charge on any atom is -0.381 e. The van der Waals surface area contributed by atoms with Crippen LogP contribution < -0.4 is 16.6 Å². The predicted molar refractivity (Wildman–Crippen MR) is 148 cm³/mol. The molecule has 0 spiro atoms. The van der Waals surface area contributed by atoms with Crippen LogP contribution in [0.25, 0.3) is 21.6 Å². The van der Waals surface area contributed by atoms with Crippen molar-refractivity contribution in [2.24, 2.45) is 7.05 Å². The first-order chi connectivity index (χ1) is 19.3. The summed E-state index contributed by atoms with van der Waals surface area (Å²) in [6, 6.07) is 6.36. The van der Waals surface area contributed by atoms with Crippen molar-refractivity contribution >= 4 is 38.9 Å². The third-order valence-corrected chi connectivity index (χ3v) is 7.02. The van der Waals surface area contributed by atoms with Gasteiger partial charge in [0.15, 0.2) is 11.5 Å². The molecule has 13 heteroatoms. The van der Waals surface area contributed by atoms with Crippen molar-refractivity contribution in [3.05, 3.63) is 99.2 Å². The molecule has 0 saturated carbocycles. The fourth-order valence-electron chi connectivity index (χ4n) is 4.31. The molecule has 0 bridgehead atoms. The smallest absolute Gasteiger partial charge is 0.268 e. The summed E-state index contributed by atoms with van der Waals surface area (Å²) in [4.78, 5) is 36.7. The number of rotatable bonds is 4. The van der Waals surface area contributed by atoms with E-state index < -0.39 is 23.3 Å². The molecule has 5 heterocycles. The number of anilines is 1. The van der Waals surface area contributed by atoms with Gasteiger partial charge in [0.05, 0.1) is 34.4 Å². The first-order valence-corrected chi connectivity index (χ1v) is 12.9. The van der Waals surface area contributed by atoms with Crippen LogP contribution in [-0.4, -0.2) is 39.8 Å². The molecule has 3 N–H and O–H groups in total. The van der Waals surface area contributed by atoms with E-state index in [0.29, 0.717) is 32.7 Å². The third kappa shape index (κ3) is 4.36. The summed E-state index contributed by atoms with van der Waals surface area (Å²) in [5.74, 6) is 5.33. The number of nitrogens with two attached hydrogens (primary N) is 1. The molecule has 1 amide bonds. The summed E-state index contributed by atoms with van der Waals surface area (Å²) in [5, 5.41) is 13.2. The van der Waals surface area contributed by atoms with E-state index in [-0.39, 0.29) is 17.2 Å². The van der Waals surface area contributed by atoms with E-state index in [4.69, 9.17) is 10.7 Å². The predicted octanol–water partition coefficient (Wildman–Crippen LogP) is 2.84. The molecule has 198 valence electrons. The molecule has 5 aromatic heterocycles. The van der Waals surface area contributed by atoms with Crippen molar-refractivity contribution in [3.63, 3.8) is 0 Å². The van der Waals surface area contributed by atoms with E-state index in [0.717, 1.165) is 0 Å². The molecule has 6 aromatic rings. The normalized spacial score (nSPS) is 11.9. The number of amides is 1. The second-order valence-corrected chi connectivity index (χ2v) is 9.77. The summed E-state index contributed by atoms with van der Waals surface area (Å²) in [6.07, 6.45) is 6.56. The maximum Gasteiger partial charge on any atom is 0.268 e. The number of carbonyl (C=O) groups excluding carboxylic acids is 1. The zero-order chi connectivity index (χ0) is 28.0. The SMILES string of the molecule is C[C@H](NC(=O)c1c(N)nn2cccnc12)c1nc2scc(C#Cc3cnn(C)c3)c2c(=O)n1-c1ccc(F)cc1. The number of hydrogen-bond acceptors (Lipinski definition) is 8. The van der Waals surface area contributed by atoms with E-state index in [1.165, 1.54) is 50.9 Å². The number of aryl methyl sites for hydroxylation is 1. The molecule has 1 aromatic carbocycles. The van der Waals surface area contributed by atoms with Gasteiger partial charge >= 0.3 is 0 Å². The lowest BCUT2D eigenvalue weighted by Gasteiger charge is -2.19. The zero-order valence-electron chi connectivity index (χ0n) is 21.2. The highest BCUT2D eigenvalue weighted by Crippen LogP contribution is 2.25. The van der Waals surface area contributed by atoms with Gasteiger partial charge in [0, 0.05) is 31.0 Å². The van der Waals surface area contributed by atoms with Crippen molar-refractivity contribution in [2.75, 3.05) is 5.73 Å². The van der Waals surface area contributed by atoms with Crippen molar-refractivity contribution < 1.29 is 9.18 Å². The van der Waals surface area contributed by atoms with Crippen molar-refractivity contribution in [1.29, 1.82) is 0 Å². The highest BCUT2D eigenvalue weighted by atomic mass is 32.1. The van der Waals surface area contributed by atoms with Crippen LogP contribution in [0.1, 0.15) is 40.3 Å². The average Bonchev–Trinajstić information content (AvgIpc) is 3.63. The van der Waals surface area contributed by atoms with Gasteiger partial charge in [-0.1, -0.05) is 11.8 Å². The Hall–Kier alpha value is -5.35. The molecule has 0 fully saturated rings. The average molecular weight is 554 g/mol. The van der Waals surface area contributed by atoms with Crippen LogP contribution >= 0.6 is 11.3 Å². The van der Waals surface area contributed by atoms with Gasteiger partial charge in [-0.05, 0) is 37.3 Å². The van der Waals surface area contributed by atoms with Crippen LogP contribution in [0.15, 0.2) is 65.3 Å². The molecule has 0 unspecified atom stereocenters. The maximum atomic E-state index is 14.0. The molecule has 0 radical (unpaired) electrons. The Bertz CT molecular complexity index is 2040. The standard InChI is InChI=1S/C27H20FN9O2S/c1-15(32-25(38)21-22(29)34-36-11-3-10-30-24(21)36)23-33-26-20(27(39)37(23)19-8-6-18(28)7-9-19)17(14-40-26)5-4-16-12-31-35(2)13-16/h3,6-15H,1-2H3,(H2,29,34)(H,32,38)/t15-/m0/s1. The molecular weight excluding hydrogens is 533 g/mol. The molecule has 0 aliphatic rings. The van der Waals surface area contributed by atoms with Crippen molar-refractivity contribution in [2.45, 2.75) is 13.0 Å². The lowest BCUT2D eigenvalue weighted by molar-refractivity contribution is 0.0940. The molecule has 0 saturated heterocycles. The Morgan fingerprint density at radius 3 is 2.77 bits per heavy atom. The highest BCUT2D eigenvalue weighted by molar-refractivity contribution is 7.17. The van der Waals surface area contributed by atoms with Gasteiger partial charge < -0.3 is 11.1 Å². The lowest BCUT2D eigenvalue weighted by atomic mass is 10.2. The summed E-state index contributed by atoms with van der Waals surface area (Å²) >= 11 is 1.26. The quantitative estimate of drug-likeness (QED) is 0.320. The van der Waals surface area contributed by atoms with Gasteiger partial charge in [-0.25, -0.2) is 18.9 Å². The number of aromatic nitrogens is 7. The minimum atomic E-state index is -0.764. The van der Waals surface area contributed by atoms with E-state index in [1.807, 2.05) is 0 Å². The Balaban J connectivity index is 1.46. The molecule has 6 rings (SSSR count). The molecule has 11 nitrogen and oxygen atoms in total. The van der Waals surface area contributed by atoms with Gasteiger partial charge in [-0.3, -0.25) is 18.8 Å². The molecular formula is C27H20FN9O2S. The third-order valence-electron chi connectivity index (χ3n) is 6.15. The van der Waals surface area contributed by atoms with E-state index in [9.17, 15) is 14.0 Å². The van der Waals surface area contributed by atoms with Crippen molar-refractivity contribution in [1.82, 2.24) is 39.2 Å². The Morgan fingerprint density at radius 2 is 2.02 bits per heavy atom. The summed E-state index contributed by atoms with van der Waals surface area (Å²) < 4.78 is 18.2. The van der Waals surface area contributed by atoms with Crippen LogP contribution in [0.2, 0.25) is 0 Å². The minimum absolute atomic E-state index is 0.0119. The van der Waals surface area contributed by atoms with Gasteiger partial charge in [0.25, 0.3) is 11.5 Å². The van der Waals surface area contributed by atoms with Gasteiger partial charge in [-0.2, -0.15) is 5.10 Å². The van der Waals surface area contributed by atoms with Crippen molar-refractivity contribution in [3.8, 4) is 17.5 Å². The molecule has 1 atom stereocenters. The van der Waals surface area contributed by atoms with Gasteiger partial charge in [-0.15, -0.1) is 16.4 Å². The van der Waals surface area contributed by atoms with E-state index in [1.54, 1.807) is 48.7 Å². The fraction of sp³-hybridized carbons (Fsp3) is 0.111. The summed E-state index contributed by atoms with van der Waals surface area (Å²) in [7, 11) is 1.79. The molecule has 0 aliphatic heterocycles. The number of benzene rings is 1. The fourth-order valence-corrected chi connectivity index (χ4v) is 5.18. The summed E-state index contributed by atoms with van der Waals surface area (Å²) in [5.41, 5.74) is 7.60. The Labute approximate surface area is 229 Å². The zero-order valence-corrected chi connectivity index (χ0v) is 22.0. The number of thiophene rings is 1. The van der Waals surface area contributed by atoms with Crippen LogP contribution in [0, 0.1) is 17.7 Å². The topological polar surface area (TPSA) is 138 Å². The first-order valence-electron chi connectivity index (χ1n) is 12.0. The maximum absolute atomic E-state index is 14.0. The van der Waals surface area contributed by atoms with Crippen LogP contribution in [0.5, 0.6) is 0 Å². The lowest BCUT2D eigenvalue weighted by Crippen LogP contribution is -2.33. The summed E-state index contributed by atoms with van der Waals surface area (Å²) in [6.45, 7) is 1.69. The largest absolute Gasteiger partial charge is 0.381 e. The Morgan fingerprint density at radius 1 is 1.23 bits per heavy atom. The van der Waals surface area contributed by atoms with Gasteiger partial charge in [0.1, 0.15) is 22.0 Å².